The Balaban J connectivity index is 2.80. The molecule has 1 aromatic heterocycles. The zero-order valence-corrected chi connectivity index (χ0v) is 12.3. The molecule has 4 nitrogen and oxygen atoms in total. The van der Waals surface area contributed by atoms with Crippen LogP contribution in [0.5, 0.6) is 0 Å². The van der Waals surface area contributed by atoms with Gasteiger partial charge >= 0.3 is 5.97 Å². The highest BCUT2D eigenvalue weighted by atomic mass is 32.1. The number of thiophene rings is 1. The molecule has 18 heavy (non-hydrogen) atoms. The van der Waals surface area contributed by atoms with E-state index in [0.29, 0.717) is 29.1 Å². The van der Waals surface area contributed by atoms with E-state index >= 15 is 0 Å². The van der Waals surface area contributed by atoms with Crippen molar-refractivity contribution in [2.75, 3.05) is 17.7 Å². The fraction of sp³-hybridized carbons (Fsp3) is 0.615. The third kappa shape index (κ3) is 3.63. The van der Waals surface area contributed by atoms with Crippen molar-refractivity contribution in [1.82, 2.24) is 0 Å². The minimum atomic E-state index is -0.342. The van der Waals surface area contributed by atoms with Gasteiger partial charge in [-0.05, 0) is 25.3 Å². The summed E-state index contributed by atoms with van der Waals surface area (Å²) in [5, 5.41) is 4.34. The monoisotopic (exact) mass is 270 g/mol. The molecule has 0 aliphatic rings. The molecule has 0 fully saturated rings. The maximum Gasteiger partial charge on any atom is 0.350 e. The number of carbonyl (C=O) groups excluding carboxylic acids is 1. The number of ether oxygens (including phenoxy) is 1. The van der Waals surface area contributed by atoms with Crippen molar-refractivity contribution in [1.29, 1.82) is 0 Å². The summed E-state index contributed by atoms with van der Waals surface area (Å²) in [4.78, 5) is 12.1. The van der Waals surface area contributed by atoms with Crippen LogP contribution in [0.1, 0.15) is 43.8 Å². The van der Waals surface area contributed by atoms with E-state index in [1.165, 1.54) is 11.3 Å². The molecule has 1 rings (SSSR count). The van der Waals surface area contributed by atoms with Crippen LogP contribution in [0.25, 0.3) is 0 Å². The van der Waals surface area contributed by atoms with Gasteiger partial charge in [-0.15, -0.1) is 11.3 Å². The second-order valence-corrected chi connectivity index (χ2v) is 5.57. The van der Waals surface area contributed by atoms with E-state index in [9.17, 15) is 4.79 Å². The molecule has 0 radical (unpaired) electrons. The molecular formula is C13H22N2O2S. The lowest BCUT2D eigenvalue weighted by Gasteiger charge is -2.20. The first kappa shape index (κ1) is 14.8. The fourth-order valence-electron chi connectivity index (χ4n) is 1.76. The molecule has 0 saturated heterocycles. The van der Waals surface area contributed by atoms with Gasteiger partial charge in [-0.3, -0.25) is 0 Å². The first-order chi connectivity index (χ1) is 8.49. The fourth-order valence-corrected chi connectivity index (χ4v) is 2.69. The molecule has 1 atom stereocenters. The second-order valence-electron chi connectivity index (χ2n) is 4.52. The second kappa shape index (κ2) is 6.64. The quantitative estimate of drug-likeness (QED) is 0.778. The zero-order valence-electron chi connectivity index (χ0n) is 11.4. The van der Waals surface area contributed by atoms with Gasteiger partial charge in [-0.1, -0.05) is 20.8 Å². The summed E-state index contributed by atoms with van der Waals surface area (Å²) in [5.41, 5.74) is 6.32. The van der Waals surface area contributed by atoms with Gasteiger partial charge in [0.15, 0.2) is 0 Å². The molecule has 1 aromatic rings. The highest BCUT2D eigenvalue weighted by molar-refractivity contribution is 7.18. The van der Waals surface area contributed by atoms with E-state index in [4.69, 9.17) is 10.5 Å². The van der Waals surface area contributed by atoms with Gasteiger partial charge in [0.25, 0.3) is 0 Å². The van der Waals surface area contributed by atoms with Crippen molar-refractivity contribution in [3.63, 3.8) is 0 Å². The van der Waals surface area contributed by atoms with Gasteiger partial charge in [-0.2, -0.15) is 0 Å². The van der Waals surface area contributed by atoms with Crippen molar-refractivity contribution in [2.45, 2.75) is 40.2 Å². The summed E-state index contributed by atoms with van der Waals surface area (Å²) in [6.45, 7) is 8.63. The van der Waals surface area contributed by atoms with Crippen molar-refractivity contribution >= 4 is 28.0 Å². The lowest BCUT2D eigenvalue weighted by molar-refractivity contribution is 0.0533. The number of hydrogen-bond donors (Lipinski definition) is 2. The van der Waals surface area contributed by atoms with Crippen LogP contribution in [-0.2, 0) is 4.74 Å². The van der Waals surface area contributed by atoms with E-state index in [1.807, 2.05) is 6.07 Å². The highest BCUT2D eigenvalue weighted by Gasteiger charge is 2.18. The van der Waals surface area contributed by atoms with Crippen LogP contribution < -0.4 is 11.1 Å². The summed E-state index contributed by atoms with van der Waals surface area (Å²) in [7, 11) is 0. The molecule has 0 aliphatic heterocycles. The Hall–Kier alpha value is -1.23. The van der Waals surface area contributed by atoms with Gasteiger partial charge in [0.1, 0.15) is 4.88 Å². The molecule has 1 heterocycles. The van der Waals surface area contributed by atoms with Crippen LogP contribution in [0.3, 0.4) is 0 Å². The Morgan fingerprint density at radius 3 is 2.67 bits per heavy atom. The first-order valence-corrected chi connectivity index (χ1v) is 7.14. The maximum atomic E-state index is 11.6. The third-order valence-electron chi connectivity index (χ3n) is 2.79. The molecule has 0 saturated carbocycles. The van der Waals surface area contributed by atoms with Crippen molar-refractivity contribution in [2.24, 2.45) is 5.92 Å². The van der Waals surface area contributed by atoms with Crippen LogP contribution in [0.4, 0.5) is 10.7 Å². The van der Waals surface area contributed by atoms with Gasteiger partial charge in [0.2, 0.25) is 0 Å². The molecule has 0 spiro atoms. The number of esters is 1. The molecule has 0 bridgehead atoms. The van der Waals surface area contributed by atoms with Crippen LogP contribution in [-0.4, -0.2) is 18.6 Å². The molecular weight excluding hydrogens is 248 g/mol. The minimum absolute atomic E-state index is 0.342. The van der Waals surface area contributed by atoms with Gasteiger partial charge < -0.3 is 15.8 Å². The number of nitrogens with one attached hydrogen (secondary N) is 1. The van der Waals surface area contributed by atoms with E-state index in [1.54, 1.807) is 6.92 Å². The Morgan fingerprint density at radius 1 is 1.50 bits per heavy atom. The average Bonchev–Trinajstić information content (AvgIpc) is 2.67. The normalized spacial score (nSPS) is 12.5. The summed E-state index contributed by atoms with van der Waals surface area (Å²) in [6.07, 6.45) is 1.03. The van der Waals surface area contributed by atoms with E-state index in [-0.39, 0.29) is 5.97 Å². The maximum absolute atomic E-state index is 11.6. The number of rotatable bonds is 6. The van der Waals surface area contributed by atoms with E-state index in [0.717, 1.165) is 11.4 Å². The molecule has 0 aromatic carbocycles. The number of carbonyl (C=O) groups is 1. The van der Waals surface area contributed by atoms with E-state index < -0.39 is 0 Å². The van der Waals surface area contributed by atoms with Crippen LogP contribution in [0.15, 0.2) is 6.07 Å². The largest absolute Gasteiger partial charge is 0.462 e. The third-order valence-corrected chi connectivity index (χ3v) is 3.86. The summed E-state index contributed by atoms with van der Waals surface area (Å²) in [6, 6.07) is 2.19. The number of anilines is 2. The average molecular weight is 270 g/mol. The van der Waals surface area contributed by atoms with Crippen LogP contribution >= 0.6 is 11.3 Å². The SMILES string of the molecule is CCOC(=O)c1sc(NC(CC)C(C)C)cc1N. The highest BCUT2D eigenvalue weighted by Crippen LogP contribution is 2.31. The Labute approximate surface area is 113 Å². The minimum Gasteiger partial charge on any atom is -0.462 e. The van der Waals surface area contributed by atoms with Gasteiger partial charge in [0, 0.05) is 6.04 Å². The van der Waals surface area contributed by atoms with E-state index in [2.05, 4.69) is 26.1 Å². The number of hydrogen-bond acceptors (Lipinski definition) is 5. The van der Waals surface area contributed by atoms with Gasteiger partial charge in [0.05, 0.1) is 17.3 Å². The topological polar surface area (TPSA) is 64.3 Å². The number of nitrogen functional groups attached to an aromatic ring is 1. The van der Waals surface area contributed by atoms with Crippen molar-refractivity contribution in [3.8, 4) is 0 Å². The lowest BCUT2D eigenvalue weighted by atomic mass is 10.0. The molecule has 1 unspecified atom stereocenters. The zero-order chi connectivity index (χ0) is 13.7. The predicted octanol–water partition coefficient (Wildman–Crippen LogP) is 3.35. The predicted molar refractivity (Wildman–Crippen MR) is 77.2 cm³/mol. The van der Waals surface area contributed by atoms with Crippen LogP contribution in [0.2, 0.25) is 0 Å². The molecule has 0 amide bonds. The summed E-state index contributed by atoms with van der Waals surface area (Å²) in [5.74, 6) is 0.190. The van der Waals surface area contributed by atoms with Gasteiger partial charge in [-0.25, -0.2) is 4.79 Å². The molecule has 102 valence electrons. The van der Waals surface area contributed by atoms with Crippen LogP contribution in [0, 0.1) is 5.92 Å². The lowest BCUT2D eigenvalue weighted by Crippen LogP contribution is -2.23. The number of nitrogens with two attached hydrogens (primary N) is 1. The first-order valence-electron chi connectivity index (χ1n) is 6.32. The smallest absolute Gasteiger partial charge is 0.350 e. The standard InChI is InChI=1S/C13H22N2O2S/c1-5-10(8(3)4)15-11-7-9(14)12(18-11)13(16)17-6-2/h7-8,10,15H,5-6,14H2,1-4H3. The Kier molecular flexibility index (Phi) is 5.47. The Morgan fingerprint density at radius 2 is 2.17 bits per heavy atom. The van der Waals surface area contributed by atoms with Crippen molar-refractivity contribution < 1.29 is 9.53 Å². The summed E-state index contributed by atoms with van der Waals surface area (Å²) >= 11 is 1.36. The molecule has 5 heteroatoms. The molecule has 0 aliphatic carbocycles. The van der Waals surface area contributed by atoms with Crippen molar-refractivity contribution in [3.05, 3.63) is 10.9 Å². The molecule has 3 N–H and O–H groups in total. The summed E-state index contributed by atoms with van der Waals surface area (Å²) < 4.78 is 4.96. The Bertz CT molecular complexity index is 402.